The van der Waals surface area contributed by atoms with E-state index in [1.165, 1.54) is 6.07 Å². The summed E-state index contributed by atoms with van der Waals surface area (Å²) in [6.45, 7) is 5.99. The second-order valence-corrected chi connectivity index (χ2v) is 8.77. The molecular weight excluding hydrogens is 410 g/mol. The molecule has 1 unspecified atom stereocenters. The number of nitrogens with one attached hydrogen (secondary N) is 2. The largest absolute Gasteiger partial charge is 0.493 e. The van der Waals surface area contributed by atoms with Gasteiger partial charge in [-0.2, -0.15) is 5.10 Å². The number of aromatic nitrogens is 2. The minimum Gasteiger partial charge on any atom is -0.493 e. The highest BCUT2D eigenvalue weighted by molar-refractivity contribution is 5.94. The van der Waals surface area contributed by atoms with Gasteiger partial charge in [0.2, 0.25) is 5.91 Å². The van der Waals surface area contributed by atoms with Crippen molar-refractivity contribution in [3.63, 3.8) is 0 Å². The second kappa shape index (κ2) is 8.03. The molecule has 2 heterocycles. The van der Waals surface area contributed by atoms with Gasteiger partial charge in [0.1, 0.15) is 5.75 Å². The van der Waals surface area contributed by atoms with E-state index in [0.29, 0.717) is 29.5 Å². The van der Waals surface area contributed by atoms with Gasteiger partial charge in [0.25, 0.3) is 0 Å². The molecule has 3 aromatic rings. The van der Waals surface area contributed by atoms with Crippen LogP contribution in [0.3, 0.4) is 0 Å². The van der Waals surface area contributed by atoms with Crippen LogP contribution in [0.15, 0.2) is 42.6 Å². The van der Waals surface area contributed by atoms with E-state index in [9.17, 15) is 14.7 Å². The summed E-state index contributed by atoms with van der Waals surface area (Å²) in [5.74, 6) is 0.876. The second-order valence-electron chi connectivity index (χ2n) is 8.77. The molecule has 0 radical (unpaired) electrons. The molecule has 0 saturated carbocycles. The molecule has 3 N–H and O–H groups in total. The number of fused-ring (bicyclic) bond motifs is 1. The van der Waals surface area contributed by atoms with E-state index in [1.54, 1.807) is 31.5 Å². The number of anilines is 1. The van der Waals surface area contributed by atoms with E-state index in [2.05, 4.69) is 15.5 Å². The van der Waals surface area contributed by atoms with Crippen molar-refractivity contribution >= 4 is 17.7 Å². The lowest BCUT2D eigenvalue weighted by molar-refractivity contribution is -0.116. The fraction of sp³-hybridized carbons (Fsp3) is 0.292. The number of carboxylic acids is 1. The van der Waals surface area contributed by atoms with E-state index in [-0.39, 0.29) is 22.8 Å². The monoisotopic (exact) mass is 435 g/mol. The molecule has 1 atom stereocenters. The van der Waals surface area contributed by atoms with E-state index in [4.69, 9.17) is 9.47 Å². The number of rotatable bonds is 5. The number of hydrogen-bond acceptors (Lipinski definition) is 5. The number of ether oxygens (including phenoxy) is 2. The first-order chi connectivity index (χ1) is 15.2. The smallest absolute Gasteiger partial charge is 0.335 e. The van der Waals surface area contributed by atoms with E-state index >= 15 is 0 Å². The molecule has 1 aromatic heterocycles. The van der Waals surface area contributed by atoms with Gasteiger partial charge in [0, 0.05) is 29.7 Å². The lowest BCUT2D eigenvalue weighted by Gasteiger charge is -2.25. The molecule has 0 spiro atoms. The van der Waals surface area contributed by atoms with Crippen LogP contribution < -0.4 is 14.8 Å². The molecular formula is C24H25N3O5. The lowest BCUT2D eigenvalue weighted by atomic mass is 9.85. The van der Waals surface area contributed by atoms with Crippen molar-refractivity contribution < 1.29 is 24.2 Å². The Morgan fingerprint density at radius 3 is 2.56 bits per heavy atom. The molecule has 0 bridgehead atoms. The van der Waals surface area contributed by atoms with Crippen molar-refractivity contribution in [1.29, 1.82) is 0 Å². The predicted octanol–water partition coefficient (Wildman–Crippen LogP) is 4.68. The number of carbonyl (C=O) groups is 2. The zero-order valence-electron chi connectivity index (χ0n) is 18.4. The fourth-order valence-corrected chi connectivity index (χ4v) is 3.88. The molecule has 1 aliphatic heterocycles. The van der Waals surface area contributed by atoms with Crippen LogP contribution in [0.5, 0.6) is 17.2 Å². The minimum atomic E-state index is -0.987. The highest BCUT2D eigenvalue weighted by Crippen LogP contribution is 2.42. The van der Waals surface area contributed by atoms with Crippen LogP contribution in [-0.2, 0) is 10.2 Å². The number of aromatic amines is 1. The molecule has 2 aromatic carbocycles. The summed E-state index contributed by atoms with van der Waals surface area (Å²) in [6.07, 6.45) is 2.09. The van der Waals surface area contributed by atoms with E-state index < -0.39 is 5.97 Å². The van der Waals surface area contributed by atoms with Gasteiger partial charge in [-0.1, -0.05) is 26.8 Å². The number of carboxylic acid groups (broad SMARTS) is 1. The summed E-state index contributed by atoms with van der Waals surface area (Å²) in [5.41, 5.74) is 2.47. The first-order valence-electron chi connectivity index (χ1n) is 10.2. The number of nitrogens with zero attached hydrogens (tertiary/aromatic N) is 1. The Hall–Kier alpha value is -3.81. The molecule has 0 saturated heterocycles. The number of aromatic carboxylic acids is 1. The normalized spacial score (nSPS) is 15.6. The van der Waals surface area contributed by atoms with Crippen molar-refractivity contribution in [3.8, 4) is 17.2 Å². The molecule has 166 valence electrons. The van der Waals surface area contributed by atoms with Gasteiger partial charge in [-0.15, -0.1) is 0 Å². The number of hydrogen-bond donors (Lipinski definition) is 3. The molecule has 4 rings (SSSR count). The van der Waals surface area contributed by atoms with Crippen molar-refractivity contribution in [2.45, 2.75) is 38.5 Å². The van der Waals surface area contributed by atoms with Gasteiger partial charge >= 0.3 is 5.97 Å². The van der Waals surface area contributed by atoms with Gasteiger partial charge in [-0.25, -0.2) is 4.79 Å². The number of carbonyl (C=O) groups excluding carboxylic acids is 1. The van der Waals surface area contributed by atoms with Crippen LogP contribution >= 0.6 is 0 Å². The maximum Gasteiger partial charge on any atom is 0.335 e. The van der Waals surface area contributed by atoms with Gasteiger partial charge in [-0.05, 0) is 41.3 Å². The third-order valence-electron chi connectivity index (χ3n) is 5.54. The Bertz CT molecular complexity index is 1190. The van der Waals surface area contributed by atoms with E-state index in [0.717, 1.165) is 16.7 Å². The SMILES string of the molecule is COc1cc(C2CC(=O)Nc3n[nH]cc32)ccc1Oc1ccc(C(=O)O)cc1C(C)(C)C. The average molecular weight is 435 g/mol. The van der Waals surface area contributed by atoms with E-state index in [1.807, 2.05) is 32.9 Å². The van der Waals surface area contributed by atoms with Gasteiger partial charge in [0.05, 0.1) is 12.7 Å². The zero-order chi connectivity index (χ0) is 23.0. The van der Waals surface area contributed by atoms with Crippen molar-refractivity contribution in [3.05, 3.63) is 64.8 Å². The Kier molecular flexibility index (Phi) is 5.38. The number of amides is 1. The highest BCUT2D eigenvalue weighted by atomic mass is 16.5. The van der Waals surface area contributed by atoms with Crippen molar-refractivity contribution in [2.24, 2.45) is 0 Å². The third kappa shape index (κ3) is 4.03. The maximum atomic E-state index is 12.1. The third-order valence-corrected chi connectivity index (χ3v) is 5.54. The van der Waals surface area contributed by atoms with Crippen LogP contribution in [0.1, 0.15) is 60.2 Å². The summed E-state index contributed by atoms with van der Waals surface area (Å²) in [6, 6.07) is 10.4. The predicted molar refractivity (Wildman–Crippen MR) is 119 cm³/mol. The maximum absolute atomic E-state index is 12.1. The highest BCUT2D eigenvalue weighted by Gasteiger charge is 2.29. The van der Waals surface area contributed by atoms with Gasteiger partial charge in [-0.3, -0.25) is 9.89 Å². The summed E-state index contributed by atoms with van der Waals surface area (Å²) in [4.78, 5) is 23.5. The molecule has 8 heteroatoms. The summed E-state index contributed by atoms with van der Waals surface area (Å²) in [7, 11) is 1.56. The minimum absolute atomic E-state index is 0.0952. The van der Waals surface area contributed by atoms with Gasteiger partial charge < -0.3 is 19.9 Å². The quantitative estimate of drug-likeness (QED) is 0.536. The molecule has 1 amide bonds. The lowest BCUT2D eigenvalue weighted by Crippen LogP contribution is -2.23. The van der Waals surface area contributed by atoms with Gasteiger partial charge in [0.15, 0.2) is 17.3 Å². The molecule has 0 fully saturated rings. The average Bonchev–Trinajstić information content (AvgIpc) is 3.21. The topological polar surface area (TPSA) is 114 Å². The first kappa shape index (κ1) is 21.4. The Morgan fingerprint density at radius 2 is 1.88 bits per heavy atom. The first-order valence-corrected chi connectivity index (χ1v) is 10.2. The van der Waals surface area contributed by atoms with Crippen LogP contribution in [0.4, 0.5) is 5.82 Å². The molecule has 32 heavy (non-hydrogen) atoms. The van der Waals surface area contributed by atoms with Crippen LogP contribution in [0, 0.1) is 0 Å². The molecule has 0 aliphatic carbocycles. The number of H-pyrrole nitrogens is 1. The molecule has 8 nitrogen and oxygen atoms in total. The zero-order valence-corrected chi connectivity index (χ0v) is 18.4. The van der Waals surface area contributed by atoms with Crippen molar-refractivity contribution in [2.75, 3.05) is 12.4 Å². The molecule has 1 aliphatic rings. The Morgan fingerprint density at radius 1 is 1.12 bits per heavy atom. The number of benzene rings is 2. The van der Waals surface area contributed by atoms with Crippen LogP contribution in [0.2, 0.25) is 0 Å². The summed E-state index contributed by atoms with van der Waals surface area (Å²) in [5, 5.41) is 19.0. The summed E-state index contributed by atoms with van der Waals surface area (Å²) < 4.78 is 11.8. The van der Waals surface area contributed by atoms with Crippen LogP contribution in [0.25, 0.3) is 0 Å². The Labute approximate surface area is 185 Å². The van der Waals surface area contributed by atoms with Crippen molar-refractivity contribution in [1.82, 2.24) is 10.2 Å². The Balaban J connectivity index is 1.70. The number of methoxy groups -OCH3 is 1. The van der Waals surface area contributed by atoms with Crippen LogP contribution in [-0.4, -0.2) is 34.3 Å². The fourth-order valence-electron chi connectivity index (χ4n) is 3.88. The standard InChI is InChI=1S/C24H25N3O5/c1-24(2,3)17-9-14(23(29)30)6-7-18(17)32-19-8-5-13(10-20(19)31-4)15-11-21(28)26-22-16(15)12-25-27-22/h5-10,12,15H,11H2,1-4H3,(H,29,30)(H2,25,26,27,28). The summed E-state index contributed by atoms with van der Waals surface area (Å²) >= 11 is 0.